The van der Waals surface area contributed by atoms with E-state index in [0.29, 0.717) is 6.42 Å². The maximum Gasteiger partial charge on any atom is 2.00 e. The van der Waals surface area contributed by atoms with Crippen molar-refractivity contribution in [3.63, 3.8) is 0 Å². The topological polar surface area (TPSA) is 118 Å². The van der Waals surface area contributed by atoms with Crippen molar-refractivity contribution in [1.82, 2.24) is 0 Å². The van der Waals surface area contributed by atoms with Gasteiger partial charge in [0, 0.05) is 0 Å². The number of aryl methyl sites for hydroxylation is 1. The van der Waals surface area contributed by atoms with Crippen LogP contribution in [0.15, 0.2) is 29.2 Å². The van der Waals surface area contributed by atoms with E-state index < -0.39 is 16.3 Å². The molecule has 0 amide bonds. The number of carbonyl (C=O) groups is 1. The Morgan fingerprint density at radius 1 is 0.889 bits per heavy atom. The summed E-state index contributed by atoms with van der Waals surface area (Å²) in [6.07, 6.45) is 11.0. The minimum atomic E-state index is -4.10. The largest absolute Gasteiger partial charge is 2.00 e. The summed E-state index contributed by atoms with van der Waals surface area (Å²) in [4.78, 5) is 8.39. The smallest absolute Gasteiger partial charge is 0.652 e. The van der Waals surface area contributed by atoms with Crippen molar-refractivity contribution in [3.05, 3.63) is 29.8 Å². The van der Waals surface area contributed by atoms with E-state index >= 15 is 0 Å². The van der Waals surface area contributed by atoms with Crippen LogP contribution in [0.4, 0.5) is 4.79 Å². The minimum Gasteiger partial charge on any atom is -0.652 e. The van der Waals surface area contributed by atoms with Crippen LogP contribution >= 0.6 is 0 Å². The third-order valence-electron chi connectivity index (χ3n) is 4.05. The van der Waals surface area contributed by atoms with E-state index in [2.05, 4.69) is 6.92 Å². The van der Waals surface area contributed by atoms with Crippen molar-refractivity contribution < 1.29 is 28.0 Å². The van der Waals surface area contributed by atoms with Crippen molar-refractivity contribution in [2.75, 3.05) is 0 Å². The van der Waals surface area contributed by atoms with Crippen molar-refractivity contribution in [2.24, 2.45) is 0 Å². The second-order valence-corrected chi connectivity index (χ2v) is 7.65. The van der Waals surface area contributed by atoms with Gasteiger partial charge >= 0.3 is 37.7 Å². The summed E-state index contributed by atoms with van der Waals surface area (Å²) in [6, 6.07) is 6.73. The van der Waals surface area contributed by atoms with E-state index in [-0.39, 0.29) is 42.6 Å². The fraction of sp³-hybridized carbons (Fsp3) is 0.632. The normalized spacial score (nSPS) is 10.4. The molecule has 0 aromatic heterocycles. The van der Waals surface area contributed by atoms with Crippen LogP contribution in [-0.2, 0) is 16.5 Å². The Labute approximate surface area is 193 Å². The van der Waals surface area contributed by atoms with Crippen molar-refractivity contribution >= 4 is 54.0 Å². The van der Waals surface area contributed by atoms with Crippen LogP contribution in [0.5, 0.6) is 0 Å². The van der Waals surface area contributed by atoms with Gasteiger partial charge in [-0.2, -0.15) is 8.42 Å². The first-order valence-corrected chi connectivity index (χ1v) is 10.7. The van der Waals surface area contributed by atoms with Crippen LogP contribution in [0, 0.1) is 0 Å². The Morgan fingerprint density at radius 2 is 1.30 bits per heavy atom. The molecule has 0 bridgehead atoms. The molecule has 1 aromatic rings. The molecule has 0 radical (unpaired) electrons. The Kier molecular flexibility index (Phi) is 19.0. The van der Waals surface area contributed by atoms with Gasteiger partial charge in [-0.3, -0.25) is 4.55 Å². The molecule has 1 rings (SSSR count). The quantitative estimate of drug-likeness (QED) is 0.312. The molecule has 0 saturated heterocycles. The Bertz CT molecular complexity index is 600. The Balaban J connectivity index is 0. The molecule has 0 aliphatic rings. The monoisotopic (exact) mass is 426 g/mol. The fourth-order valence-electron chi connectivity index (χ4n) is 2.76. The Morgan fingerprint density at radius 3 is 1.74 bits per heavy atom. The van der Waals surface area contributed by atoms with Gasteiger partial charge in [0.15, 0.2) is 0 Å². The third kappa shape index (κ3) is 17.5. The van der Waals surface area contributed by atoms with Crippen LogP contribution in [-0.4, -0.2) is 56.9 Å². The fourth-order valence-corrected chi connectivity index (χ4v) is 3.52. The van der Waals surface area contributed by atoms with E-state index in [1.54, 1.807) is 12.1 Å². The molecule has 0 spiro atoms. The van der Waals surface area contributed by atoms with Gasteiger partial charge in [-0.25, -0.2) is 0 Å². The number of hydrogen-bond acceptors (Lipinski definition) is 5. The number of unbranched alkanes of at least 4 members (excludes halogenated alkanes) is 9. The van der Waals surface area contributed by atoms with Crippen LogP contribution in [0.3, 0.4) is 0 Å². The maximum absolute atomic E-state index is 11.3. The summed E-state index contributed by atoms with van der Waals surface area (Å²) in [7, 11) is -4.10. The SMILES string of the molecule is CCCCCCCCCCCCc1ccccc1S(=O)(=O)O.O=C([O-])[O-].[Ca+2]. The van der Waals surface area contributed by atoms with E-state index in [1.807, 2.05) is 6.07 Å². The second kappa shape index (κ2) is 17.7. The molecule has 0 aliphatic carbocycles. The van der Waals surface area contributed by atoms with Crippen LogP contribution < -0.4 is 10.2 Å². The zero-order valence-corrected chi connectivity index (χ0v) is 19.2. The number of rotatable bonds is 12. The van der Waals surface area contributed by atoms with Crippen molar-refractivity contribution in [2.45, 2.75) is 82.4 Å². The molecule has 150 valence electrons. The molecule has 0 heterocycles. The molecule has 0 atom stereocenters. The van der Waals surface area contributed by atoms with Gasteiger partial charge in [0.05, 0.1) is 4.90 Å². The van der Waals surface area contributed by atoms with Crippen molar-refractivity contribution in [1.29, 1.82) is 0 Å². The second-order valence-electron chi connectivity index (χ2n) is 6.26. The van der Waals surface area contributed by atoms with Gasteiger partial charge in [0.1, 0.15) is 0 Å². The summed E-state index contributed by atoms with van der Waals surface area (Å²) in [5.41, 5.74) is 0.726. The maximum atomic E-state index is 11.3. The van der Waals surface area contributed by atoms with Crippen LogP contribution in [0.25, 0.3) is 0 Å². The van der Waals surface area contributed by atoms with E-state index in [4.69, 9.17) is 15.0 Å². The summed E-state index contributed by atoms with van der Waals surface area (Å²) in [5, 5.41) is 16.7. The molecular formula is C19H30CaO6S. The average molecular weight is 427 g/mol. The predicted molar refractivity (Wildman–Crippen MR) is 103 cm³/mol. The van der Waals surface area contributed by atoms with E-state index in [0.717, 1.165) is 18.4 Å². The number of carboxylic acid groups (broad SMARTS) is 2. The number of hydrogen-bond donors (Lipinski definition) is 1. The van der Waals surface area contributed by atoms with E-state index in [1.165, 1.54) is 57.4 Å². The zero-order valence-electron chi connectivity index (χ0n) is 16.2. The molecule has 0 fully saturated rings. The first kappa shape index (κ1) is 28.9. The average Bonchev–Trinajstić information content (AvgIpc) is 2.55. The molecule has 6 nitrogen and oxygen atoms in total. The van der Waals surface area contributed by atoms with Crippen LogP contribution in [0.2, 0.25) is 0 Å². The van der Waals surface area contributed by atoms with Crippen molar-refractivity contribution in [3.8, 4) is 0 Å². The molecule has 0 aliphatic heterocycles. The van der Waals surface area contributed by atoms with Crippen LogP contribution in [0.1, 0.15) is 76.7 Å². The van der Waals surface area contributed by atoms with E-state index in [9.17, 15) is 13.0 Å². The molecule has 1 N–H and O–H groups in total. The van der Waals surface area contributed by atoms with Gasteiger partial charge in [-0.1, -0.05) is 82.9 Å². The summed E-state index contributed by atoms with van der Waals surface area (Å²) in [5.74, 6) is 0. The molecule has 0 unspecified atom stereocenters. The number of benzene rings is 1. The first-order valence-electron chi connectivity index (χ1n) is 9.22. The standard InChI is InChI=1S/C18H30O3S.CH2O3.Ca/c1-2-3-4-5-6-7-8-9-10-11-14-17-15-12-13-16-18(17)22(19,20)21;2-1(3)4;/h12-13,15-16H,2-11,14H2,1H3,(H,19,20,21);(H2,2,3,4);/q;;+2/p-2. The van der Waals surface area contributed by atoms with Gasteiger partial charge < -0.3 is 15.0 Å². The summed E-state index contributed by atoms with van der Waals surface area (Å²) >= 11 is 0. The molecule has 27 heavy (non-hydrogen) atoms. The predicted octanol–water partition coefficient (Wildman–Crippen LogP) is 2.57. The van der Waals surface area contributed by atoms with Gasteiger partial charge in [-0.15, -0.1) is 0 Å². The van der Waals surface area contributed by atoms with Gasteiger partial charge in [0.25, 0.3) is 10.1 Å². The zero-order chi connectivity index (χ0) is 19.8. The summed E-state index contributed by atoms with van der Waals surface area (Å²) in [6.45, 7) is 2.24. The summed E-state index contributed by atoms with van der Waals surface area (Å²) < 4.78 is 31.8. The first-order chi connectivity index (χ1) is 12.3. The van der Waals surface area contributed by atoms with Gasteiger partial charge in [-0.05, 0) is 30.6 Å². The molecular weight excluding hydrogens is 396 g/mol. The van der Waals surface area contributed by atoms with Gasteiger partial charge in [0.2, 0.25) is 0 Å². The molecule has 8 heteroatoms. The third-order valence-corrected chi connectivity index (χ3v) is 5.00. The Hall–Kier alpha value is -0.340. The molecule has 0 saturated carbocycles. The number of carbonyl (C=O) groups excluding carboxylic acids is 1. The minimum absolute atomic E-state index is 0. The molecule has 1 aromatic carbocycles.